The van der Waals surface area contributed by atoms with Gasteiger partial charge in [-0.05, 0) is 25.1 Å². The lowest BCUT2D eigenvalue weighted by molar-refractivity contribution is 1.52. The molecule has 2 heterocycles. The number of anilines is 1. The molecule has 0 spiro atoms. The number of nitrogens with zero attached hydrogens (tertiary/aromatic N) is 1. The topological polar surface area (TPSA) is 49.8 Å². The van der Waals surface area contributed by atoms with Crippen LogP contribution < -0.4 is 5.73 Å². The first-order valence-corrected chi connectivity index (χ1v) is 5.70. The molecule has 0 atom stereocenters. The maximum Gasteiger partial charge on any atom is 0.128 e. The van der Waals surface area contributed by atoms with Crippen molar-refractivity contribution in [1.29, 1.82) is 5.26 Å². The Morgan fingerprint density at radius 1 is 1.29 bits per heavy atom. The van der Waals surface area contributed by atoms with Gasteiger partial charge in [0.05, 0.1) is 5.69 Å². The Morgan fingerprint density at radius 2 is 2.07 bits per heavy atom. The average Bonchev–Trinajstić information content (AvgIpc) is 2.71. The van der Waals surface area contributed by atoms with E-state index in [1.807, 2.05) is 6.07 Å². The van der Waals surface area contributed by atoms with Gasteiger partial charge in [-0.1, -0.05) is 0 Å². The lowest BCUT2D eigenvalue weighted by Gasteiger charge is -1.86. The number of hydrogen-bond acceptors (Lipinski definition) is 4. The van der Waals surface area contributed by atoms with Gasteiger partial charge in [0, 0.05) is 14.6 Å². The first-order valence-electron chi connectivity index (χ1n) is 4.07. The Kier molecular flexibility index (Phi) is 2.28. The maximum atomic E-state index is 8.77. The second-order valence-corrected chi connectivity index (χ2v) is 5.26. The van der Waals surface area contributed by atoms with Gasteiger partial charge in [-0.3, -0.25) is 0 Å². The van der Waals surface area contributed by atoms with Crippen molar-refractivity contribution in [2.75, 3.05) is 5.73 Å². The summed E-state index contributed by atoms with van der Waals surface area (Å²) in [5, 5.41) is 8.77. The van der Waals surface area contributed by atoms with Gasteiger partial charge in [0.15, 0.2) is 0 Å². The van der Waals surface area contributed by atoms with Gasteiger partial charge in [0.1, 0.15) is 10.9 Å². The van der Waals surface area contributed by atoms with E-state index in [1.54, 1.807) is 11.3 Å². The lowest BCUT2D eigenvalue weighted by atomic mass is 10.3. The minimum Gasteiger partial charge on any atom is -0.397 e. The molecule has 0 saturated carbocycles. The summed E-state index contributed by atoms with van der Waals surface area (Å²) < 4.78 is 0. The molecule has 2 aromatic heterocycles. The zero-order valence-corrected chi connectivity index (χ0v) is 9.21. The van der Waals surface area contributed by atoms with Crippen LogP contribution in [-0.2, 0) is 0 Å². The largest absolute Gasteiger partial charge is 0.397 e. The van der Waals surface area contributed by atoms with Crippen molar-refractivity contribution in [3.05, 3.63) is 28.0 Å². The van der Waals surface area contributed by atoms with Crippen LogP contribution in [0.4, 0.5) is 5.69 Å². The van der Waals surface area contributed by atoms with Crippen LogP contribution in [0.1, 0.15) is 9.75 Å². The third kappa shape index (κ3) is 1.52. The van der Waals surface area contributed by atoms with Gasteiger partial charge >= 0.3 is 0 Å². The molecule has 0 bridgehead atoms. The predicted molar refractivity (Wildman–Crippen MR) is 61.5 cm³/mol. The van der Waals surface area contributed by atoms with Crippen molar-refractivity contribution < 1.29 is 0 Å². The molecule has 2 rings (SSSR count). The van der Waals surface area contributed by atoms with Crippen molar-refractivity contribution >= 4 is 28.4 Å². The fourth-order valence-corrected chi connectivity index (χ4v) is 3.01. The highest BCUT2D eigenvalue weighted by Gasteiger charge is 2.08. The summed E-state index contributed by atoms with van der Waals surface area (Å²) in [7, 11) is 0. The number of nitrogen functional groups attached to an aromatic ring is 1. The molecule has 0 saturated heterocycles. The summed E-state index contributed by atoms with van der Waals surface area (Å²) in [4.78, 5) is 4.13. The summed E-state index contributed by atoms with van der Waals surface area (Å²) in [5.41, 5.74) is 6.27. The number of nitriles is 1. The summed E-state index contributed by atoms with van der Waals surface area (Å²) in [5.74, 6) is 0. The van der Waals surface area contributed by atoms with E-state index in [0.717, 1.165) is 4.88 Å². The zero-order valence-electron chi connectivity index (χ0n) is 7.57. The van der Waals surface area contributed by atoms with Crippen molar-refractivity contribution in [2.45, 2.75) is 6.92 Å². The average molecular weight is 220 g/mol. The molecule has 2 aromatic rings. The van der Waals surface area contributed by atoms with Crippen LogP contribution in [0.2, 0.25) is 0 Å². The van der Waals surface area contributed by atoms with Crippen LogP contribution in [0.25, 0.3) is 9.75 Å². The van der Waals surface area contributed by atoms with Crippen molar-refractivity contribution in [3.63, 3.8) is 0 Å². The highest BCUT2D eigenvalue weighted by Crippen LogP contribution is 2.36. The highest BCUT2D eigenvalue weighted by atomic mass is 32.1. The summed E-state index contributed by atoms with van der Waals surface area (Å²) in [6.07, 6.45) is 0. The van der Waals surface area contributed by atoms with Gasteiger partial charge < -0.3 is 5.73 Å². The van der Waals surface area contributed by atoms with Crippen molar-refractivity contribution in [3.8, 4) is 15.8 Å². The Labute approximate surface area is 90.2 Å². The van der Waals surface area contributed by atoms with Crippen LogP contribution in [-0.4, -0.2) is 0 Å². The van der Waals surface area contributed by atoms with Crippen LogP contribution in [0.5, 0.6) is 0 Å². The van der Waals surface area contributed by atoms with Crippen LogP contribution in [0.15, 0.2) is 18.2 Å². The zero-order chi connectivity index (χ0) is 10.1. The second-order valence-electron chi connectivity index (χ2n) is 2.92. The van der Waals surface area contributed by atoms with Crippen LogP contribution in [0, 0.1) is 18.3 Å². The SMILES string of the molecule is Cc1ccc(-c2cc(N)c(C#N)s2)s1. The van der Waals surface area contributed by atoms with E-state index in [9.17, 15) is 0 Å². The fraction of sp³-hybridized carbons (Fsp3) is 0.100. The molecule has 0 amide bonds. The van der Waals surface area contributed by atoms with E-state index < -0.39 is 0 Å². The van der Waals surface area contributed by atoms with E-state index in [1.165, 1.54) is 21.1 Å². The van der Waals surface area contributed by atoms with E-state index in [4.69, 9.17) is 11.0 Å². The molecule has 0 fully saturated rings. The standard InChI is InChI=1S/C10H8N2S2/c1-6-2-3-8(13-6)9-4-7(12)10(5-11)14-9/h2-4H,12H2,1H3. The molecular formula is C10H8N2S2. The third-order valence-corrected chi connectivity index (χ3v) is 4.10. The van der Waals surface area contributed by atoms with Gasteiger partial charge in [0.25, 0.3) is 0 Å². The number of aryl methyl sites for hydroxylation is 1. The molecular weight excluding hydrogens is 212 g/mol. The summed E-state index contributed by atoms with van der Waals surface area (Å²) in [6.45, 7) is 2.07. The smallest absolute Gasteiger partial charge is 0.128 e. The molecule has 4 heteroatoms. The van der Waals surface area contributed by atoms with Crippen LogP contribution >= 0.6 is 22.7 Å². The molecule has 14 heavy (non-hydrogen) atoms. The number of thiophene rings is 2. The van der Waals surface area contributed by atoms with Gasteiger partial charge in [-0.15, -0.1) is 22.7 Å². The van der Waals surface area contributed by atoms with Gasteiger partial charge in [-0.2, -0.15) is 5.26 Å². The molecule has 0 aliphatic carbocycles. The Bertz CT molecular complexity index is 502. The Balaban J connectivity index is 2.48. The van der Waals surface area contributed by atoms with Gasteiger partial charge in [-0.25, -0.2) is 0 Å². The Morgan fingerprint density at radius 3 is 2.57 bits per heavy atom. The normalized spacial score (nSPS) is 10.0. The minimum atomic E-state index is 0.582. The van der Waals surface area contributed by atoms with Crippen LogP contribution in [0.3, 0.4) is 0 Å². The van der Waals surface area contributed by atoms with E-state index in [2.05, 4.69) is 25.1 Å². The van der Waals surface area contributed by atoms with Crippen molar-refractivity contribution in [2.24, 2.45) is 0 Å². The van der Waals surface area contributed by atoms with Crippen molar-refractivity contribution in [1.82, 2.24) is 0 Å². The lowest BCUT2D eigenvalue weighted by Crippen LogP contribution is -1.81. The molecule has 2 N–H and O–H groups in total. The number of rotatable bonds is 1. The molecule has 70 valence electrons. The van der Waals surface area contributed by atoms with E-state index in [0.29, 0.717) is 10.6 Å². The number of nitrogens with two attached hydrogens (primary N) is 1. The minimum absolute atomic E-state index is 0.582. The molecule has 2 nitrogen and oxygen atoms in total. The molecule has 0 aliphatic rings. The molecule has 0 radical (unpaired) electrons. The second kappa shape index (κ2) is 3.45. The Hall–Kier alpha value is -1.31. The van der Waals surface area contributed by atoms with E-state index >= 15 is 0 Å². The summed E-state index contributed by atoms with van der Waals surface area (Å²) >= 11 is 3.17. The molecule has 0 unspecified atom stereocenters. The molecule has 0 aromatic carbocycles. The van der Waals surface area contributed by atoms with Gasteiger partial charge in [0.2, 0.25) is 0 Å². The number of hydrogen-bond donors (Lipinski definition) is 1. The first kappa shape index (κ1) is 9.25. The molecule has 0 aliphatic heterocycles. The predicted octanol–water partition coefficient (Wildman–Crippen LogP) is 3.24. The quantitative estimate of drug-likeness (QED) is 0.802. The highest BCUT2D eigenvalue weighted by molar-refractivity contribution is 7.22. The fourth-order valence-electron chi connectivity index (χ4n) is 1.18. The maximum absolute atomic E-state index is 8.77. The first-order chi connectivity index (χ1) is 6.70. The summed E-state index contributed by atoms with van der Waals surface area (Å²) in [6, 6.07) is 8.09. The third-order valence-electron chi connectivity index (χ3n) is 1.85. The monoisotopic (exact) mass is 220 g/mol. The van der Waals surface area contributed by atoms with E-state index in [-0.39, 0.29) is 0 Å².